The Hall–Kier alpha value is -2.82. The van der Waals surface area contributed by atoms with Gasteiger partial charge in [-0.2, -0.15) is 0 Å². The van der Waals surface area contributed by atoms with Crippen LogP contribution in [0.5, 0.6) is 5.75 Å². The van der Waals surface area contributed by atoms with Crippen molar-refractivity contribution in [1.82, 2.24) is 10.3 Å². The number of hydrogen-bond acceptors (Lipinski definition) is 4. The zero-order valence-corrected chi connectivity index (χ0v) is 14.1. The van der Waals surface area contributed by atoms with Crippen LogP contribution in [0.2, 0.25) is 0 Å². The molecule has 0 bridgehead atoms. The fraction of sp³-hybridized carbons (Fsp3) is 0.263. The van der Waals surface area contributed by atoms with Crippen LogP contribution < -0.4 is 15.8 Å². The van der Waals surface area contributed by atoms with E-state index in [2.05, 4.69) is 16.4 Å². The molecule has 0 aliphatic carbocycles. The summed E-state index contributed by atoms with van der Waals surface area (Å²) in [5.74, 6) is 0.802. The van der Waals surface area contributed by atoms with Gasteiger partial charge in [0, 0.05) is 12.2 Å². The van der Waals surface area contributed by atoms with Gasteiger partial charge in [0.15, 0.2) is 0 Å². The Bertz CT molecular complexity index is 726. The van der Waals surface area contributed by atoms with Crippen molar-refractivity contribution in [1.29, 1.82) is 0 Å². The Balaban J connectivity index is 1.92. The number of ether oxygens (including phenoxy) is 1. The molecule has 0 radical (unpaired) electrons. The van der Waals surface area contributed by atoms with E-state index in [0.717, 1.165) is 23.4 Å². The molecule has 0 spiro atoms. The number of rotatable bonds is 7. The third-order valence-corrected chi connectivity index (χ3v) is 3.45. The molecule has 3 N–H and O–H groups in total. The van der Waals surface area contributed by atoms with Gasteiger partial charge in [-0.05, 0) is 50.1 Å². The molecule has 0 atom stereocenters. The van der Waals surface area contributed by atoms with Crippen molar-refractivity contribution < 1.29 is 9.53 Å². The molecule has 0 aliphatic rings. The standard InChI is InChI=1S/C19H23N3O2/c1-3-4-5-11-24-16-8-6-7-15(12-16)13-21-19(23)17-10-9-14(2)22-18(17)20/h3-4,6-10,12H,5,11,13H2,1-2H3,(H2,20,22)(H,21,23)/b4-3+. The molecule has 1 heterocycles. The quantitative estimate of drug-likeness (QED) is 0.605. The van der Waals surface area contributed by atoms with Crippen molar-refractivity contribution in [2.75, 3.05) is 12.3 Å². The predicted octanol–water partition coefficient (Wildman–Crippen LogP) is 3.25. The van der Waals surface area contributed by atoms with Gasteiger partial charge < -0.3 is 15.8 Å². The number of amides is 1. The molecule has 1 aromatic carbocycles. The molecule has 0 unspecified atom stereocenters. The highest BCUT2D eigenvalue weighted by atomic mass is 16.5. The van der Waals surface area contributed by atoms with Crippen molar-refractivity contribution in [3.63, 3.8) is 0 Å². The summed E-state index contributed by atoms with van der Waals surface area (Å²) in [4.78, 5) is 16.3. The van der Waals surface area contributed by atoms with Crippen LogP contribution in [0.15, 0.2) is 48.6 Å². The zero-order valence-electron chi connectivity index (χ0n) is 14.1. The summed E-state index contributed by atoms with van der Waals surface area (Å²) < 4.78 is 5.68. The Morgan fingerprint density at radius 1 is 1.33 bits per heavy atom. The van der Waals surface area contributed by atoms with Crippen molar-refractivity contribution in [2.24, 2.45) is 0 Å². The Kier molecular flexibility index (Phi) is 6.37. The molecule has 0 saturated carbocycles. The van der Waals surface area contributed by atoms with E-state index in [0.29, 0.717) is 18.7 Å². The van der Waals surface area contributed by atoms with Gasteiger partial charge >= 0.3 is 0 Å². The summed E-state index contributed by atoms with van der Waals surface area (Å²) in [6, 6.07) is 11.1. The van der Waals surface area contributed by atoms with Crippen LogP contribution in [0.4, 0.5) is 5.82 Å². The van der Waals surface area contributed by atoms with Crippen molar-refractivity contribution in [3.8, 4) is 5.75 Å². The fourth-order valence-corrected chi connectivity index (χ4v) is 2.20. The second kappa shape index (κ2) is 8.72. The maximum absolute atomic E-state index is 12.2. The lowest BCUT2D eigenvalue weighted by Crippen LogP contribution is -2.24. The lowest BCUT2D eigenvalue weighted by molar-refractivity contribution is 0.0951. The second-order valence-corrected chi connectivity index (χ2v) is 5.42. The van der Waals surface area contributed by atoms with Crippen LogP contribution >= 0.6 is 0 Å². The van der Waals surface area contributed by atoms with E-state index in [-0.39, 0.29) is 11.7 Å². The number of hydrogen-bond donors (Lipinski definition) is 2. The van der Waals surface area contributed by atoms with Crippen LogP contribution in [0.1, 0.15) is 35.0 Å². The van der Waals surface area contributed by atoms with Crippen LogP contribution in [0, 0.1) is 6.92 Å². The Morgan fingerprint density at radius 3 is 2.92 bits per heavy atom. The maximum atomic E-state index is 12.2. The lowest BCUT2D eigenvalue weighted by atomic mass is 10.2. The third kappa shape index (κ3) is 5.12. The molecule has 0 fully saturated rings. The first-order chi connectivity index (χ1) is 11.6. The SMILES string of the molecule is C/C=C/CCOc1cccc(CNC(=O)c2ccc(C)nc2N)c1. The van der Waals surface area contributed by atoms with Gasteiger partial charge in [0.25, 0.3) is 5.91 Å². The number of pyridine rings is 1. The number of benzene rings is 1. The summed E-state index contributed by atoms with van der Waals surface area (Å²) in [7, 11) is 0. The molecule has 24 heavy (non-hydrogen) atoms. The Morgan fingerprint density at radius 2 is 2.17 bits per heavy atom. The number of carbonyl (C=O) groups excluding carboxylic acids is 1. The van der Waals surface area contributed by atoms with Gasteiger partial charge in [0.05, 0.1) is 12.2 Å². The molecule has 1 amide bonds. The topological polar surface area (TPSA) is 77.2 Å². The molecule has 0 aliphatic heterocycles. The predicted molar refractivity (Wildman–Crippen MR) is 95.9 cm³/mol. The van der Waals surface area contributed by atoms with E-state index in [4.69, 9.17) is 10.5 Å². The van der Waals surface area contributed by atoms with Gasteiger partial charge in [-0.15, -0.1) is 0 Å². The number of allylic oxidation sites excluding steroid dienone is 1. The van der Waals surface area contributed by atoms with E-state index in [1.165, 1.54) is 0 Å². The number of nitrogens with zero attached hydrogens (tertiary/aromatic N) is 1. The van der Waals surface area contributed by atoms with E-state index in [9.17, 15) is 4.79 Å². The van der Waals surface area contributed by atoms with Crippen LogP contribution in [0.3, 0.4) is 0 Å². The van der Waals surface area contributed by atoms with Crippen molar-refractivity contribution in [2.45, 2.75) is 26.8 Å². The van der Waals surface area contributed by atoms with E-state index >= 15 is 0 Å². The van der Waals surface area contributed by atoms with E-state index < -0.39 is 0 Å². The van der Waals surface area contributed by atoms with E-state index in [1.54, 1.807) is 12.1 Å². The first-order valence-electron chi connectivity index (χ1n) is 7.94. The average molecular weight is 325 g/mol. The zero-order chi connectivity index (χ0) is 17.4. The molecule has 0 saturated heterocycles. The highest BCUT2D eigenvalue weighted by Crippen LogP contribution is 2.14. The number of carbonyl (C=O) groups is 1. The molecule has 126 valence electrons. The van der Waals surface area contributed by atoms with Crippen LogP contribution in [0.25, 0.3) is 0 Å². The normalized spacial score (nSPS) is 10.8. The second-order valence-electron chi connectivity index (χ2n) is 5.42. The van der Waals surface area contributed by atoms with Gasteiger partial charge in [-0.25, -0.2) is 4.98 Å². The number of anilines is 1. The number of aromatic nitrogens is 1. The van der Waals surface area contributed by atoms with E-state index in [1.807, 2.05) is 44.2 Å². The van der Waals surface area contributed by atoms with Crippen molar-refractivity contribution in [3.05, 3.63) is 65.4 Å². The number of nitrogens with two attached hydrogens (primary N) is 1. The Labute approximate surface area is 142 Å². The molecule has 2 rings (SSSR count). The highest BCUT2D eigenvalue weighted by Gasteiger charge is 2.10. The molecule has 2 aromatic rings. The lowest BCUT2D eigenvalue weighted by Gasteiger charge is -2.09. The summed E-state index contributed by atoms with van der Waals surface area (Å²) >= 11 is 0. The highest BCUT2D eigenvalue weighted by molar-refractivity contribution is 5.98. The first kappa shape index (κ1) is 17.5. The smallest absolute Gasteiger partial charge is 0.255 e. The largest absolute Gasteiger partial charge is 0.493 e. The maximum Gasteiger partial charge on any atom is 0.255 e. The number of aryl methyl sites for hydroxylation is 1. The minimum atomic E-state index is -0.237. The minimum Gasteiger partial charge on any atom is -0.493 e. The molecular weight excluding hydrogens is 302 g/mol. The summed E-state index contributed by atoms with van der Waals surface area (Å²) in [6.07, 6.45) is 4.93. The van der Waals surface area contributed by atoms with Crippen molar-refractivity contribution >= 4 is 11.7 Å². The van der Waals surface area contributed by atoms with Gasteiger partial charge in [-0.1, -0.05) is 24.3 Å². The minimum absolute atomic E-state index is 0.237. The summed E-state index contributed by atoms with van der Waals surface area (Å²) in [5, 5.41) is 2.85. The van der Waals surface area contributed by atoms with Crippen LogP contribution in [-0.4, -0.2) is 17.5 Å². The molecular formula is C19H23N3O2. The number of nitrogen functional groups attached to an aromatic ring is 1. The monoisotopic (exact) mass is 325 g/mol. The van der Waals surface area contributed by atoms with Gasteiger partial charge in [0.2, 0.25) is 0 Å². The number of nitrogens with one attached hydrogen (secondary N) is 1. The first-order valence-corrected chi connectivity index (χ1v) is 7.94. The molecule has 1 aromatic heterocycles. The summed E-state index contributed by atoms with van der Waals surface area (Å²) in [5.41, 5.74) is 7.93. The molecule has 5 heteroatoms. The van der Waals surface area contributed by atoms with Crippen LogP contribution in [-0.2, 0) is 6.54 Å². The summed E-state index contributed by atoms with van der Waals surface area (Å²) in [6.45, 7) is 4.85. The van der Waals surface area contributed by atoms with Gasteiger partial charge in [-0.3, -0.25) is 4.79 Å². The fourth-order valence-electron chi connectivity index (χ4n) is 2.20. The van der Waals surface area contributed by atoms with Gasteiger partial charge in [0.1, 0.15) is 11.6 Å². The molecule has 5 nitrogen and oxygen atoms in total. The third-order valence-electron chi connectivity index (χ3n) is 3.45. The average Bonchev–Trinajstić information content (AvgIpc) is 2.57.